The van der Waals surface area contributed by atoms with E-state index >= 15 is 0 Å². The number of rotatable bonds is 13. The standard InChI is InChI=1S/C94H58N6S2/c1-4-20-59(21-5-1)60-42-44-61(45-43-60)62-46-48-63(49-47-62)69-27-14-31-73(56-69)91-96-92(100-93(99-91)81-38-17-36-79-78-34-12-13-40-83(78)101-87(79)81)74-32-16-29-71(58-74)76-35-19-41-84-86(76)80-37-18-39-82(88(80)102-84)94-97-89(68-25-8-3-9-26-68)95-90(98-94)72-30-15-28-70(57-72)64-50-52-67(53-51-64)85-75-33-11-10-24-66(75)54-55-77(85)65-22-6-2-7-23-65/h1-58H. The lowest BCUT2D eigenvalue weighted by Crippen LogP contribution is -2.00. The van der Waals surface area contributed by atoms with E-state index in [1.165, 1.54) is 59.6 Å². The van der Waals surface area contributed by atoms with Gasteiger partial charge in [0.15, 0.2) is 34.9 Å². The lowest BCUT2D eigenvalue weighted by molar-refractivity contribution is 1.08. The Kier molecular flexibility index (Phi) is 15.2. The van der Waals surface area contributed by atoms with Crippen molar-refractivity contribution < 1.29 is 0 Å². The Bertz CT molecular complexity index is 6410. The second-order valence-corrected chi connectivity index (χ2v) is 27.7. The summed E-state index contributed by atoms with van der Waals surface area (Å²) in [7, 11) is 0. The van der Waals surface area contributed by atoms with Gasteiger partial charge in [0.2, 0.25) is 0 Å². The molecule has 19 rings (SSSR count). The number of aromatic nitrogens is 6. The summed E-state index contributed by atoms with van der Waals surface area (Å²) in [5, 5.41) is 7.12. The molecule has 0 radical (unpaired) electrons. The maximum absolute atomic E-state index is 5.42. The second kappa shape index (κ2) is 25.7. The number of hydrogen-bond donors (Lipinski definition) is 0. The van der Waals surface area contributed by atoms with Crippen LogP contribution in [0.1, 0.15) is 0 Å². The summed E-state index contributed by atoms with van der Waals surface area (Å²) in [4.78, 5) is 32.1. The fourth-order valence-corrected chi connectivity index (χ4v) is 16.8. The zero-order chi connectivity index (χ0) is 67.5. The van der Waals surface area contributed by atoms with Gasteiger partial charge in [-0.05, 0) is 131 Å². The van der Waals surface area contributed by atoms with E-state index in [9.17, 15) is 0 Å². The average molecular weight is 1340 g/mol. The van der Waals surface area contributed by atoms with E-state index in [-0.39, 0.29) is 0 Å². The van der Waals surface area contributed by atoms with Gasteiger partial charge in [-0.1, -0.05) is 309 Å². The molecule has 4 aromatic heterocycles. The molecule has 4 heterocycles. The molecule has 15 aromatic carbocycles. The van der Waals surface area contributed by atoms with E-state index in [1.54, 1.807) is 22.7 Å². The quantitative estimate of drug-likeness (QED) is 0.114. The molecule has 0 bridgehead atoms. The van der Waals surface area contributed by atoms with Gasteiger partial charge in [0, 0.05) is 73.7 Å². The van der Waals surface area contributed by atoms with Gasteiger partial charge in [0.05, 0.1) is 0 Å². The lowest BCUT2D eigenvalue weighted by atomic mass is 9.89. The minimum Gasteiger partial charge on any atom is -0.208 e. The molecule has 0 aliphatic rings. The third-order valence-electron chi connectivity index (χ3n) is 19.4. The van der Waals surface area contributed by atoms with Crippen molar-refractivity contribution in [1.29, 1.82) is 0 Å². The van der Waals surface area contributed by atoms with Crippen molar-refractivity contribution in [2.24, 2.45) is 0 Å². The van der Waals surface area contributed by atoms with Crippen LogP contribution in [0.5, 0.6) is 0 Å². The van der Waals surface area contributed by atoms with E-state index in [0.717, 1.165) is 103 Å². The normalized spacial score (nSPS) is 11.5. The van der Waals surface area contributed by atoms with Crippen LogP contribution >= 0.6 is 22.7 Å². The van der Waals surface area contributed by atoms with Gasteiger partial charge in [-0.3, -0.25) is 0 Å². The zero-order valence-electron chi connectivity index (χ0n) is 55.0. The minimum atomic E-state index is 0.588. The summed E-state index contributed by atoms with van der Waals surface area (Å²) < 4.78 is 4.61. The fourth-order valence-electron chi connectivity index (χ4n) is 14.4. The van der Waals surface area contributed by atoms with E-state index in [4.69, 9.17) is 29.9 Å². The molecule has 0 spiro atoms. The minimum absolute atomic E-state index is 0.588. The maximum Gasteiger partial charge on any atom is 0.165 e. The van der Waals surface area contributed by atoms with Crippen LogP contribution in [0.4, 0.5) is 0 Å². The molecule has 102 heavy (non-hydrogen) atoms. The Morgan fingerprint density at radius 2 is 0.529 bits per heavy atom. The first-order chi connectivity index (χ1) is 50.5. The second-order valence-electron chi connectivity index (χ2n) is 25.6. The molecule has 0 saturated carbocycles. The van der Waals surface area contributed by atoms with Crippen LogP contribution in [-0.4, -0.2) is 29.9 Å². The summed E-state index contributed by atoms with van der Waals surface area (Å²) in [5.41, 5.74) is 21.5. The van der Waals surface area contributed by atoms with Crippen LogP contribution in [-0.2, 0) is 0 Å². The van der Waals surface area contributed by atoms with Crippen molar-refractivity contribution in [3.05, 3.63) is 352 Å². The topological polar surface area (TPSA) is 77.3 Å². The highest BCUT2D eigenvalue weighted by atomic mass is 32.1. The van der Waals surface area contributed by atoms with Crippen LogP contribution < -0.4 is 0 Å². The summed E-state index contributed by atoms with van der Waals surface area (Å²) in [6.07, 6.45) is 0. The Morgan fingerprint density at radius 3 is 1.11 bits per heavy atom. The van der Waals surface area contributed by atoms with E-state index in [1.807, 2.05) is 18.2 Å². The summed E-state index contributed by atoms with van der Waals surface area (Å²) >= 11 is 3.54. The molecule has 0 saturated heterocycles. The summed E-state index contributed by atoms with van der Waals surface area (Å²) in [6.45, 7) is 0. The highest BCUT2D eigenvalue weighted by Crippen LogP contribution is 2.46. The molecule has 0 N–H and O–H groups in total. The molecule has 0 unspecified atom stereocenters. The van der Waals surface area contributed by atoms with Crippen molar-refractivity contribution in [3.63, 3.8) is 0 Å². The Balaban J connectivity index is 0.680. The number of benzene rings is 15. The number of nitrogens with zero attached hydrogens (tertiary/aromatic N) is 6. The van der Waals surface area contributed by atoms with E-state index in [0.29, 0.717) is 34.9 Å². The highest BCUT2D eigenvalue weighted by Gasteiger charge is 2.22. The number of fused-ring (bicyclic) bond motifs is 7. The molecule has 0 aliphatic carbocycles. The van der Waals surface area contributed by atoms with Crippen molar-refractivity contribution in [3.8, 4) is 146 Å². The molecule has 6 nitrogen and oxygen atoms in total. The zero-order valence-corrected chi connectivity index (χ0v) is 56.6. The van der Waals surface area contributed by atoms with Gasteiger partial charge in [-0.25, -0.2) is 29.9 Å². The molecule has 0 fully saturated rings. The molecular weight excluding hydrogens is 1280 g/mol. The van der Waals surface area contributed by atoms with Crippen LogP contribution in [0.2, 0.25) is 0 Å². The number of thiophene rings is 2. The largest absolute Gasteiger partial charge is 0.208 e. The third-order valence-corrected chi connectivity index (χ3v) is 21.9. The van der Waals surface area contributed by atoms with Crippen LogP contribution in [0, 0.1) is 0 Å². The summed E-state index contributed by atoms with van der Waals surface area (Å²) in [6, 6.07) is 125. The van der Waals surface area contributed by atoms with Gasteiger partial charge in [0.25, 0.3) is 0 Å². The van der Waals surface area contributed by atoms with Gasteiger partial charge >= 0.3 is 0 Å². The first-order valence-corrected chi connectivity index (χ1v) is 35.8. The van der Waals surface area contributed by atoms with Crippen LogP contribution in [0.15, 0.2) is 352 Å². The predicted molar refractivity (Wildman–Crippen MR) is 427 cm³/mol. The van der Waals surface area contributed by atoms with Crippen molar-refractivity contribution >= 4 is 73.8 Å². The molecular formula is C94H58N6S2. The fraction of sp³-hybridized carbons (Fsp3) is 0. The lowest BCUT2D eigenvalue weighted by Gasteiger charge is -2.15. The third kappa shape index (κ3) is 11.2. The molecule has 8 heteroatoms. The van der Waals surface area contributed by atoms with Gasteiger partial charge < -0.3 is 0 Å². The Hall–Kier alpha value is -13.0. The first kappa shape index (κ1) is 60.2. The molecule has 19 aromatic rings. The van der Waals surface area contributed by atoms with Crippen LogP contribution in [0.3, 0.4) is 0 Å². The van der Waals surface area contributed by atoms with E-state index in [2.05, 4.69) is 334 Å². The van der Waals surface area contributed by atoms with Crippen molar-refractivity contribution in [2.45, 2.75) is 0 Å². The molecule has 0 amide bonds. The maximum atomic E-state index is 5.42. The number of hydrogen-bond acceptors (Lipinski definition) is 8. The average Bonchev–Trinajstić information content (AvgIpc) is 1.56. The highest BCUT2D eigenvalue weighted by molar-refractivity contribution is 7.26. The molecule has 0 aliphatic heterocycles. The monoisotopic (exact) mass is 1330 g/mol. The summed E-state index contributed by atoms with van der Waals surface area (Å²) in [5.74, 6) is 3.62. The SMILES string of the molecule is c1ccc(-c2ccc(-c3ccc(-c4cccc(-c5nc(-c6cccc(-c7cccc8sc9c(-c%10nc(-c%11ccccc%11)nc(-c%11cccc(-c%12ccc(-c%13c(-c%14ccccc%14)ccc%14ccccc%13%14)cc%12)c%11)n%10)cccc9c78)c6)nc(-c6cccc7c6sc6ccccc67)n5)c4)cc3)cc2)cc1. The Morgan fingerprint density at radius 1 is 0.176 bits per heavy atom. The molecule has 0 atom stereocenters. The van der Waals surface area contributed by atoms with Crippen LogP contribution in [0.25, 0.3) is 197 Å². The van der Waals surface area contributed by atoms with Gasteiger partial charge in [-0.2, -0.15) is 0 Å². The smallest absolute Gasteiger partial charge is 0.165 e. The van der Waals surface area contributed by atoms with Crippen molar-refractivity contribution in [2.75, 3.05) is 0 Å². The predicted octanol–water partition coefficient (Wildman–Crippen LogP) is 25.6. The van der Waals surface area contributed by atoms with Gasteiger partial charge in [0.1, 0.15) is 0 Å². The first-order valence-electron chi connectivity index (χ1n) is 34.2. The van der Waals surface area contributed by atoms with Gasteiger partial charge in [-0.15, -0.1) is 22.7 Å². The van der Waals surface area contributed by atoms with Crippen molar-refractivity contribution in [1.82, 2.24) is 29.9 Å². The Labute approximate surface area is 597 Å². The van der Waals surface area contributed by atoms with E-state index < -0.39 is 0 Å². The molecule has 476 valence electrons.